The quantitative estimate of drug-likeness (QED) is 0.558. The largest absolute Gasteiger partial charge is 0.451 e. The number of hydrogen-bond donors (Lipinski definition) is 1. The number of carbonyl (C=O) groups excluding carboxylic acids is 3. The van der Waals surface area contributed by atoms with Gasteiger partial charge in [0.2, 0.25) is 5.91 Å². The van der Waals surface area contributed by atoms with Gasteiger partial charge in [0.25, 0.3) is 0 Å². The van der Waals surface area contributed by atoms with Crippen molar-refractivity contribution in [2.75, 3.05) is 49.1 Å². The van der Waals surface area contributed by atoms with Crippen LogP contribution in [-0.2, 0) is 14.4 Å². The van der Waals surface area contributed by atoms with Gasteiger partial charge < -0.3 is 19.4 Å². The minimum Gasteiger partial charge on any atom is -0.451 e. The minimum atomic E-state index is -0.870. The summed E-state index contributed by atoms with van der Waals surface area (Å²) in [6.45, 7) is 1.74. The monoisotopic (exact) mass is 514 g/mol. The number of ether oxygens (including phenoxy) is 1. The maximum Gasteiger partial charge on any atom is 0.414 e. The summed E-state index contributed by atoms with van der Waals surface area (Å²) in [4.78, 5) is 44.3. The van der Waals surface area contributed by atoms with Gasteiger partial charge in [0.05, 0.1) is 31.9 Å². The first-order chi connectivity index (χ1) is 17.8. The van der Waals surface area contributed by atoms with Gasteiger partial charge in [-0.3, -0.25) is 19.3 Å². The number of amides is 3. The SMILES string of the molecule is CC(=O)NC[C@H]1CN(c2cc(F)c(N3CCON(C(=O)c4cc5ccccc5o4)CC3)c(F)c2)C(=O)O1. The molecule has 12 heteroatoms. The number of carbonyl (C=O) groups is 3. The molecular formula is C25H24F2N4O6. The van der Waals surface area contributed by atoms with E-state index in [1.165, 1.54) is 11.8 Å². The molecule has 194 valence electrons. The van der Waals surface area contributed by atoms with Crippen LogP contribution < -0.4 is 15.1 Å². The Morgan fingerprint density at radius 3 is 2.57 bits per heavy atom. The highest BCUT2D eigenvalue weighted by atomic mass is 19.1. The number of nitrogens with one attached hydrogen (secondary N) is 1. The molecule has 10 nitrogen and oxygen atoms in total. The smallest absolute Gasteiger partial charge is 0.414 e. The Morgan fingerprint density at radius 1 is 1.08 bits per heavy atom. The van der Waals surface area contributed by atoms with Gasteiger partial charge >= 0.3 is 12.0 Å². The predicted octanol–water partition coefficient (Wildman–Crippen LogP) is 3.07. The highest BCUT2D eigenvalue weighted by Crippen LogP contribution is 2.31. The summed E-state index contributed by atoms with van der Waals surface area (Å²) in [6.07, 6.45) is -1.40. The van der Waals surface area contributed by atoms with Crippen molar-refractivity contribution < 1.29 is 37.2 Å². The molecule has 3 aromatic rings. The first-order valence-corrected chi connectivity index (χ1v) is 11.7. The third-order valence-corrected chi connectivity index (χ3v) is 6.13. The number of nitrogens with zero attached hydrogens (tertiary/aromatic N) is 3. The molecule has 5 rings (SSSR count). The van der Waals surface area contributed by atoms with Crippen LogP contribution in [0, 0.1) is 11.6 Å². The second kappa shape index (κ2) is 10.1. The fourth-order valence-corrected chi connectivity index (χ4v) is 4.35. The van der Waals surface area contributed by atoms with E-state index >= 15 is 8.78 Å². The lowest BCUT2D eigenvalue weighted by Crippen LogP contribution is -2.35. The second-order valence-corrected chi connectivity index (χ2v) is 8.69. The van der Waals surface area contributed by atoms with E-state index in [-0.39, 0.29) is 62.4 Å². The molecule has 1 N–H and O–H groups in total. The standard InChI is InChI=1S/C25H24F2N4O6/c1-15(32)28-13-18-14-30(25(34)36-18)17-11-19(26)23(20(27)12-17)29-6-7-31(35-9-8-29)24(33)22-10-16-4-2-3-5-21(16)37-22/h2-5,10-12,18H,6-9,13-14H2,1H3,(H,28,32)/t18-/m0/s1. The molecule has 2 fully saturated rings. The van der Waals surface area contributed by atoms with Crippen molar-refractivity contribution >= 4 is 40.3 Å². The van der Waals surface area contributed by atoms with Gasteiger partial charge in [0.15, 0.2) is 17.4 Å². The van der Waals surface area contributed by atoms with Gasteiger partial charge in [0, 0.05) is 37.5 Å². The van der Waals surface area contributed by atoms with Gasteiger partial charge in [-0.05, 0) is 12.1 Å². The number of halogens is 2. The molecule has 2 aliphatic heterocycles. The van der Waals surface area contributed by atoms with E-state index in [0.29, 0.717) is 5.58 Å². The topological polar surface area (TPSA) is 105 Å². The van der Waals surface area contributed by atoms with Crippen molar-refractivity contribution in [2.45, 2.75) is 13.0 Å². The Kier molecular flexibility index (Phi) is 6.66. The average molecular weight is 514 g/mol. The predicted molar refractivity (Wildman–Crippen MR) is 128 cm³/mol. The fraction of sp³-hybridized carbons (Fsp3) is 0.320. The molecule has 0 spiro atoms. The number of hydrogen-bond acceptors (Lipinski definition) is 7. The third kappa shape index (κ3) is 5.05. The van der Waals surface area contributed by atoms with E-state index in [0.717, 1.165) is 27.5 Å². The number of hydroxylamine groups is 2. The maximum atomic E-state index is 15.1. The lowest BCUT2D eigenvalue weighted by Gasteiger charge is -2.24. The van der Waals surface area contributed by atoms with Crippen molar-refractivity contribution in [3.05, 3.63) is 59.9 Å². The van der Waals surface area contributed by atoms with Crippen LogP contribution in [0.2, 0.25) is 0 Å². The molecule has 1 aromatic heterocycles. The van der Waals surface area contributed by atoms with E-state index < -0.39 is 29.7 Å². The summed E-state index contributed by atoms with van der Waals surface area (Å²) in [5, 5.41) is 4.44. The molecule has 0 aliphatic carbocycles. The Hall–Kier alpha value is -4.19. The molecule has 1 atom stereocenters. The zero-order valence-electron chi connectivity index (χ0n) is 19.9. The van der Waals surface area contributed by atoms with Crippen LogP contribution in [0.1, 0.15) is 17.5 Å². The van der Waals surface area contributed by atoms with Crippen LogP contribution in [0.3, 0.4) is 0 Å². The molecule has 0 radical (unpaired) electrons. The molecule has 0 unspecified atom stereocenters. The number of para-hydroxylation sites is 1. The van der Waals surface area contributed by atoms with Crippen LogP contribution in [0.5, 0.6) is 0 Å². The van der Waals surface area contributed by atoms with Crippen LogP contribution >= 0.6 is 0 Å². The Morgan fingerprint density at radius 2 is 1.84 bits per heavy atom. The summed E-state index contributed by atoms with van der Waals surface area (Å²) in [5.41, 5.74) is 0.282. The molecule has 0 saturated carbocycles. The number of anilines is 2. The summed E-state index contributed by atoms with van der Waals surface area (Å²) in [7, 11) is 0. The zero-order chi connectivity index (χ0) is 26.1. The number of benzene rings is 2. The zero-order valence-corrected chi connectivity index (χ0v) is 19.9. The minimum absolute atomic E-state index is 0.00170. The summed E-state index contributed by atoms with van der Waals surface area (Å²) in [5.74, 6) is -2.41. The summed E-state index contributed by atoms with van der Waals surface area (Å²) >= 11 is 0. The molecule has 3 heterocycles. The molecule has 2 saturated heterocycles. The molecule has 2 aliphatic rings. The van der Waals surface area contributed by atoms with Crippen molar-refractivity contribution in [1.82, 2.24) is 10.4 Å². The Bertz CT molecular complexity index is 1310. The van der Waals surface area contributed by atoms with Crippen molar-refractivity contribution in [2.24, 2.45) is 0 Å². The second-order valence-electron chi connectivity index (χ2n) is 8.69. The average Bonchev–Trinajstić information content (AvgIpc) is 3.38. The van der Waals surface area contributed by atoms with E-state index in [1.807, 2.05) is 12.1 Å². The van der Waals surface area contributed by atoms with Crippen molar-refractivity contribution in [1.29, 1.82) is 0 Å². The van der Waals surface area contributed by atoms with E-state index in [1.54, 1.807) is 18.2 Å². The van der Waals surface area contributed by atoms with E-state index in [9.17, 15) is 14.4 Å². The lowest BCUT2D eigenvalue weighted by atomic mass is 10.2. The number of rotatable bonds is 5. The van der Waals surface area contributed by atoms with Gasteiger partial charge in [-0.15, -0.1) is 0 Å². The highest BCUT2D eigenvalue weighted by Gasteiger charge is 2.34. The molecular weight excluding hydrogens is 490 g/mol. The van der Waals surface area contributed by atoms with Crippen LogP contribution in [0.25, 0.3) is 11.0 Å². The lowest BCUT2D eigenvalue weighted by molar-refractivity contribution is -0.119. The first kappa shape index (κ1) is 24.5. The summed E-state index contributed by atoms with van der Waals surface area (Å²) < 4.78 is 41.1. The van der Waals surface area contributed by atoms with Gasteiger partial charge in [-0.25, -0.2) is 18.6 Å². The number of cyclic esters (lactones) is 1. The van der Waals surface area contributed by atoms with E-state index in [4.69, 9.17) is 14.0 Å². The normalized spacial score (nSPS) is 18.2. The fourth-order valence-electron chi connectivity index (χ4n) is 4.35. The molecule has 2 aromatic carbocycles. The summed E-state index contributed by atoms with van der Waals surface area (Å²) in [6, 6.07) is 10.9. The van der Waals surface area contributed by atoms with Crippen molar-refractivity contribution in [3.63, 3.8) is 0 Å². The van der Waals surface area contributed by atoms with E-state index in [2.05, 4.69) is 5.32 Å². The van der Waals surface area contributed by atoms with Gasteiger partial charge in [-0.1, -0.05) is 18.2 Å². The van der Waals surface area contributed by atoms with Crippen molar-refractivity contribution in [3.8, 4) is 0 Å². The van der Waals surface area contributed by atoms with Crippen LogP contribution in [0.15, 0.2) is 46.9 Å². The Labute approximate surface area is 210 Å². The first-order valence-electron chi connectivity index (χ1n) is 11.7. The molecule has 3 amide bonds. The van der Waals surface area contributed by atoms with Gasteiger partial charge in [0.1, 0.15) is 17.4 Å². The van der Waals surface area contributed by atoms with Crippen LogP contribution in [0.4, 0.5) is 25.0 Å². The number of fused-ring (bicyclic) bond motifs is 1. The Balaban J connectivity index is 1.28. The van der Waals surface area contributed by atoms with Crippen LogP contribution in [-0.4, -0.2) is 68.4 Å². The highest BCUT2D eigenvalue weighted by molar-refractivity contribution is 5.95. The molecule has 37 heavy (non-hydrogen) atoms. The molecule has 0 bridgehead atoms. The third-order valence-electron chi connectivity index (χ3n) is 6.13. The maximum absolute atomic E-state index is 15.1. The van der Waals surface area contributed by atoms with Gasteiger partial charge in [-0.2, -0.15) is 0 Å². The number of furan rings is 1.